The Balaban J connectivity index is 1.09. The van der Waals surface area contributed by atoms with Gasteiger partial charge in [0, 0.05) is 33.2 Å². The molecule has 15 heteroatoms. The van der Waals surface area contributed by atoms with Crippen molar-refractivity contribution in [2.75, 3.05) is 33.9 Å². The molecule has 4 aromatic rings. The molecule has 6 rings (SSSR count). The van der Waals surface area contributed by atoms with E-state index in [4.69, 9.17) is 4.74 Å². The number of likely N-dealkylation sites (tertiary alicyclic amines) is 2. The SMILES string of the molecule is COCC[C@H](NC(=O)O)C(=O)N1CCC[C@H]1c1ncc(-c2ccc(-c3ccc(-c4cnc([C@@H]5CCCN5C(=O)[C@H](C)NC(=O)OC)[nH]4)cc3)cc2)[nH]1. The van der Waals surface area contributed by atoms with Crippen LogP contribution in [0.25, 0.3) is 33.6 Å². The Morgan fingerprint density at radius 1 is 0.788 bits per heavy atom. The average Bonchev–Trinajstić information content (AvgIpc) is 3.99. The van der Waals surface area contributed by atoms with Crippen molar-refractivity contribution < 1.29 is 33.8 Å². The van der Waals surface area contributed by atoms with Crippen LogP contribution in [0.2, 0.25) is 0 Å². The van der Waals surface area contributed by atoms with Gasteiger partial charge in [0.1, 0.15) is 23.7 Å². The van der Waals surface area contributed by atoms with Crippen LogP contribution in [-0.4, -0.2) is 105 Å². The number of amides is 4. The van der Waals surface area contributed by atoms with Gasteiger partial charge in [-0.05, 0) is 54.9 Å². The van der Waals surface area contributed by atoms with Crippen LogP contribution >= 0.6 is 0 Å². The number of aromatic amines is 2. The number of methoxy groups -OCH3 is 2. The number of H-pyrrole nitrogens is 2. The lowest BCUT2D eigenvalue weighted by Crippen LogP contribution is -2.48. The van der Waals surface area contributed by atoms with Gasteiger partial charge < -0.3 is 45.0 Å². The van der Waals surface area contributed by atoms with Gasteiger partial charge in [-0.1, -0.05) is 48.5 Å². The molecule has 0 bridgehead atoms. The van der Waals surface area contributed by atoms with E-state index in [0.717, 1.165) is 59.3 Å². The number of hydrogen-bond donors (Lipinski definition) is 5. The average molecular weight is 713 g/mol. The van der Waals surface area contributed by atoms with Crippen LogP contribution in [-0.2, 0) is 19.1 Å². The van der Waals surface area contributed by atoms with Gasteiger partial charge in [-0.15, -0.1) is 0 Å². The van der Waals surface area contributed by atoms with Gasteiger partial charge in [-0.25, -0.2) is 19.6 Å². The van der Waals surface area contributed by atoms with Crippen molar-refractivity contribution in [2.24, 2.45) is 0 Å². The van der Waals surface area contributed by atoms with Crippen LogP contribution < -0.4 is 10.6 Å². The second kappa shape index (κ2) is 16.1. The minimum atomic E-state index is -1.25. The molecule has 0 saturated carbocycles. The Morgan fingerprint density at radius 2 is 1.27 bits per heavy atom. The molecular weight excluding hydrogens is 668 g/mol. The number of carbonyl (C=O) groups excluding carboxylic acids is 3. The fourth-order valence-corrected chi connectivity index (χ4v) is 7.01. The van der Waals surface area contributed by atoms with Crippen LogP contribution in [0.3, 0.4) is 0 Å². The predicted octanol–water partition coefficient (Wildman–Crippen LogP) is 4.88. The molecule has 0 unspecified atom stereocenters. The van der Waals surface area contributed by atoms with Crippen LogP contribution in [0.5, 0.6) is 0 Å². The van der Waals surface area contributed by atoms with E-state index in [1.165, 1.54) is 14.2 Å². The van der Waals surface area contributed by atoms with Crippen LogP contribution in [0.4, 0.5) is 9.59 Å². The van der Waals surface area contributed by atoms with Gasteiger partial charge >= 0.3 is 12.2 Å². The van der Waals surface area contributed by atoms with E-state index in [9.17, 15) is 24.3 Å². The third kappa shape index (κ3) is 7.94. The zero-order valence-electron chi connectivity index (χ0n) is 29.4. The maximum atomic E-state index is 13.3. The molecule has 52 heavy (non-hydrogen) atoms. The van der Waals surface area contributed by atoms with Crippen LogP contribution in [0.1, 0.15) is 62.8 Å². The van der Waals surface area contributed by atoms with Crippen molar-refractivity contribution in [1.82, 2.24) is 40.4 Å². The Kier molecular flexibility index (Phi) is 11.2. The first-order chi connectivity index (χ1) is 25.2. The van der Waals surface area contributed by atoms with Gasteiger partial charge in [0.2, 0.25) is 11.8 Å². The third-order valence-electron chi connectivity index (χ3n) is 9.72. The minimum absolute atomic E-state index is 0.180. The molecule has 5 N–H and O–H groups in total. The maximum Gasteiger partial charge on any atom is 0.407 e. The summed E-state index contributed by atoms with van der Waals surface area (Å²) in [5, 5.41) is 14.2. The minimum Gasteiger partial charge on any atom is -0.465 e. The summed E-state index contributed by atoms with van der Waals surface area (Å²) < 4.78 is 9.72. The predicted molar refractivity (Wildman–Crippen MR) is 191 cm³/mol. The lowest BCUT2D eigenvalue weighted by atomic mass is 10.0. The van der Waals surface area contributed by atoms with Crippen molar-refractivity contribution in [2.45, 2.75) is 63.2 Å². The maximum absolute atomic E-state index is 13.3. The van der Waals surface area contributed by atoms with E-state index in [1.807, 2.05) is 36.4 Å². The van der Waals surface area contributed by atoms with Crippen LogP contribution in [0.15, 0.2) is 60.9 Å². The zero-order chi connectivity index (χ0) is 36.8. The molecular formula is C37H44N8O7. The van der Waals surface area contributed by atoms with Crippen molar-refractivity contribution in [3.63, 3.8) is 0 Å². The van der Waals surface area contributed by atoms with Gasteiger partial charge in [0.25, 0.3) is 0 Å². The number of hydrogen-bond acceptors (Lipinski definition) is 8. The molecule has 4 atom stereocenters. The molecule has 2 fully saturated rings. The zero-order valence-corrected chi connectivity index (χ0v) is 29.4. The first-order valence-electron chi connectivity index (χ1n) is 17.4. The monoisotopic (exact) mass is 712 g/mol. The summed E-state index contributed by atoms with van der Waals surface area (Å²) in [6, 6.07) is 14.2. The van der Waals surface area contributed by atoms with Gasteiger partial charge in [-0.2, -0.15) is 0 Å². The summed E-state index contributed by atoms with van der Waals surface area (Å²) in [7, 11) is 2.78. The van der Waals surface area contributed by atoms with Crippen molar-refractivity contribution in [3.8, 4) is 33.6 Å². The number of nitrogens with zero attached hydrogens (tertiary/aromatic N) is 4. The number of carboxylic acid groups (broad SMARTS) is 1. The van der Waals surface area contributed by atoms with Crippen molar-refractivity contribution >= 4 is 24.0 Å². The largest absolute Gasteiger partial charge is 0.465 e. The summed E-state index contributed by atoms with van der Waals surface area (Å²) in [5.74, 6) is 0.916. The number of alkyl carbamates (subject to hydrolysis) is 1. The summed E-state index contributed by atoms with van der Waals surface area (Å²) in [4.78, 5) is 68.8. The topological polar surface area (TPSA) is 195 Å². The number of imidazole rings is 2. The first kappa shape index (κ1) is 36.1. The molecule has 2 aromatic carbocycles. The van der Waals surface area contributed by atoms with Gasteiger partial charge in [0.15, 0.2) is 0 Å². The first-order valence-corrected chi connectivity index (χ1v) is 17.4. The summed E-state index contributed by atoms with van der Waals surface area (Å²) in [6.45, 7) is 3.02. The summed E-state index contributed by atoms with van der Waals surface area (Å²) in [5.41, 5.74) is 5.65. The quantitative estimate of drug-likeness (QED) is 0.136. The van der Waals surface area contributed by atoms with E-state index in [1.54, 1.807) is 29.1 Å². The highest BCUT2D eigenvalue weighted by Gasteiger charge is 2.37. The number of ether oxygens (including phenoxy) is 2. The molecule has 2 aliphatic rings. The highest BCUT2D eigenvalue weighted by atomic mass is 16.5. The number of benzene rings is 2. The van der Waals surface area contributed by atoms with Crippen LogP contribution in [0, 0.1) is 0 Å². The number of rotatable bonds is 12. The van der Waals surface area contributed by atoms with Gasteiger partial charge in [-0.3, -0.25) is 9.59 Å². The fraction of sp³-hybridized carbons (Fsp3) is 0.405. The molecule has 0 radical (unpaired) electrons. The molecule has 0 aliphatic carbocycles. The highest BCUT2D eigenvalue weighted by molar-refractivity contribution is 5.86. The normalized spacial score (nSPS) is 18.2. The summed E-state index contributed by atoms with van der Waals surface area (Å²) in [6.07, 6.45) is 5.04. The standard InChI is InChI=1S/C37H44N8O7/c1-22(40-37(50)52-3)34(46)44-17-4-6-30(44)32-38-20-28(41-32)25-12-8-23(9-13-25)24-10-14-26(15-11-24)29-21-39-33(42-29)31-7-5-18-45(31)35(47)27(16-19-51-2)43-36(48)49/h8-15,20-22,27,30-31,43H,4-7,16-19H2,1-3H3,(H,38,41)(H,39,42)(H,40,50)(H,48,49)/t22-,27-,30-,31-/m0/s1. The Bertz CT molecular complexity index is 1870. The second-order valence-electron chi connectivity index (χ2n) is 13.0. The van der Waals surface area contributed by atoms with Crippen molar-refractivity contribution in [3.05, 3.63) is 72.6 Å². The third-order valence-corrected chi connectivity index (χ3v) is 9.72. The van der Waals surface area contributed by atoms with E-state index in [2.05, 4.69) is 47.4 Å². The highest BCUT2D eigenvalue weighted by Crippen LogP contribution is 2.34. The second-order valence-corrected chi connectivity index (χ2v) is 13.0. The van der Waals surface area contributed by atoms with Gasteiger partial charge in [0.05, 0.1) is 43.0 Å². The molecule has 274 valence electrons. The molecule has 2 aliphatic heterocycles. The van der Waals surface area contributed by atoms with E-state index < -0.39 is 24.3 Å². The fourth-order valence-electron chi connectivity index (χ4n) is 7.01. The molecule has 15 nitrogen and oxygen atoms in total. The number of carbonyl (C=O) groups is 4. The molecule has 2 aromatic heterocycles. The lowest BCUT2D eigenvalue weighted by molar-refractivity contribution is -0.135. The number of aromatic nitrogens is 4. The Hall–Kier alpha value is -5.70. The lowest BCUT2D eigenvalue weighted by Gasteiger charge is -2.27. The Morgan fingerprint density at radius 3 is 1.73 bits per heavy atom. The van der Waals surface area contributed by atoms with E-state index >= 15 is 0 Å². The smallest absolute Gasteiger partial charge is 0.407 e. The van der Waals surface area contributed by atoms with E-state index in [-0.39, 0.29) is 36.9 Å². The Labute approximate surface area is 301 Å². The molecule has 4 heterocycles. The molecule has 2 saturated heterocycles. The summed E-state index contributed by atoms with van der Waals surface area (Å²) >= 11 is 0. The van der Waals surface area contributed by atoms with Crippen molar-refractivity contribution in [1.29, 1.82) is 0 Å². The van der Waals surface area contributed by atoms with E-state index in [0.29, 0.717) is 24.7 Å². The number of nitrogens with one attached hydrogen (secondary N) is 4. The molecule has 4 amide bonds. The molecule has 0 spiro atoms.